The minimum absolute atomic E-state index is 0.0909. The van der Waals surface area contributed by atoms with Crippen LogP contribution in [0.25, 0.3) is 0 Å². The molecule has 0 saturated heterocycles. The van der Waals surface area contributed by atoms with E-state index in [1.54, 1.807) is 24.3 Å². The molecule has 9 heteroatoms. The van der Waals surface area contributed by atoms with E-state index in [4.69, 9.17) is 26.8 Å². The minimum atomic E-state index is -0.569. The van der Waals surface area contributed by atoms with E-state index in [0.29, 0.717) is 30.5 Å². The van der Waals surface area contributed by atoms with Crippen molar-refractivity contribution in [2.45, 2.75) is 13.1 Å². The summed E-state index contributed by atoms with van der Waals surface area (Å²) in [6, 6.07) is 16.7. The number of methoxy groups -OCH3 is 1. The topological polar surface area (TPSA) is 103 Å². The first kappa shape index (κ1) is 22.5. The third-order valence-corrected chi connectivity index (χ3v) is 4.96. The predicted octanol–water partition coefficient (Wildman–Crippen LogP) is 2.50. The Kier molecular flexibility index (Phi) is 7.75. The van der Waals surface area contributed by atoms with Crippen LogP contribution in [0.3, 0.4) is 0 Å². The van der Waals surface area contributed by atoms with E-state index >= 15 is 0 Å². The molecule has 164 valence electrons. The largest absolute Gasteiger partial charge is 0.492 e. The van der Waals surface area contributed by atoms with Gasteiger partial charge in [-0.25, -0.2) is 4.79 Å². The Balaban J connectivity index is 1.89. The molecule has 8 nitrogen and oxygen atoms in total. The third kappa shape index (κ3) is 5.90. The van der Waals surface area contributed by atoms with Gasteiger partial charge >= 0.3 is 5.69 Å². The number of aromatic amines is 1. The summed E-state index contributed by atoms with van der Waals surface area (Å²) < 4.78 is 12.2. The van der Waals surface area contributed by atoms with Crippen LogP contribution in [0.15, 0.2) is 64.2 Å². The molecule has 0 bridgehead atoms. The zero-order chi connectivity index (χ0) is 22.2. The van der Waals surface area contributed by atoms with Crippen LogP contribution < -0.4 is 26.6 Å². The molecule has 0 aliphatic rings. The van der Waals surface area contributed by atoms with Gasteiger partial charge in [0.25, 0.3) is 5.56 Å². The fourth-order valence-corrected chi connectivity index (χ4v) is 3.29. The van der Waals surface area contributed by atoms with Crippen LogP contribution in [0.5, 0.6) is 5.75 Å². The number of nitrogens with two attached hydrogens (primary N) is 1. The van der Waals surface area contributed by atoms with Gasteiger partial charge in [-0.2, -0.15) is 0 Å². The lowest BCUT2D eigenvalue weighted by atomic mass is 10.2. The fourth-order valence-electron chi connectivity index (χ4n) is 3.17. The van der Waals surface area contributed by atoms with E-state index in [1.165, 1.54) is 11.7 Å². The molecule has 0 spiro atoms. The molecule has 3 N–H and O–H groups in total. The average molecular weight is 445 g/mol. The summed E-state index contributed by atoms with van der Waals surface area (Å²) >= 11 is 5.91. The molecule has 31 heavy (non-hydrogen) atoms. The Morgan fingerprint density at radius 3 is 2.45 bits per heavy atom. The van der Waals surface area contributed by atoms with Crippen LogP contribution in [0, 0.1) is 0 Å². The van der Waals surface area contributed by atoms with Crippen molar-refractivity contribution in [2.24, 2.45) is 0 Å². The second kappa shape index (κ2) is 10.7. The number of hydrogen-bond acceptors (Lipinski definition) is 6. The number of aromatic nitrogens is 2. The lowest BCUT2D eigenvalue weighted by Crippen LogP contribution is -2.40. The molecule has 3 rings (SSSR count). The van der Waals surface area contributed by atoms with Gasteiger partial charge in [-0.1, -0.05) is 41.9 Å². The number of nitrogen functional groups attached to an aromatic ring is 1. The number of anilines is 2. The van der Waals surface area contributed by atoms with Gasteiger partial charge in [0.2, 0.25) is 0 Å². The molecule has 0 aliphatic heterocycles. The van der Waals surface area contributed by atoms with Gasteiger partial charge in [0.05, 0.1) is 19.7 Å². The number of rotatable bonds is 10. The third-order valence-electron chi connectivity index (χ3n) is 4.71. The first-order valence-electron chi connectivity index (χ1n) is 9.78. The Labute approximate surface area is 184 Å². The van der Waals surface area contributed by atoms with Crippen LogP contribution >= 0.6 is 11.6 Å². The van der Waals surface area contributed by atoms with Gasteiger partial charge in [-0.15, -0.1) is 0 Å². The highest BCUT2D eigenvalue weighted by Gasteiger charge is 2.19. The van der Waals surface area contributed by atoms with Crippen molar-refractivity contribution in [1.82, 2.24) is 9.55 Å². The number of ether oxygens (including phenoxy) is 2. The minimum Gasteiger partial charge on any atom is -0.492 e. The maximum Gasteiger partial charge on any atom is 0.330 e. The van der Waals surface area contributed by atoms with E-state index in [0.717, 1.165) is 5.56 Å². The van der Waals surface area contributed by atoms with Crippen molar-refractivity contribution in [1.29, 1.82) is 0 Å². The van der Waals surface area contributed by atoms with Crippen LogP contribution in [-0.4, -0.2) is 36.4 Å². The van der Waals surface area contributed by atoms with Gasteiger partial charge in [0.1, 0.15) is 23.9 Å². The summed E-state index contributed by atoms with van der Waals surface area (Å²) in [6.07, 6.45) is 0. The van der Waals surface area contributed by atoms with Gasteiger partial charge in [0, 0.05) is 18.7 Å². The Bertz CT molecular complexity index is 1100. The molecule has 1 aromatic heterocycles. The highest BCUT2D eigenvalue weighted by molar-refractivity contribution is 6.30. The van der Waals surface area contributed by atoms with Gasteiger partial charge < -0.3 is 20.1 Å². The zero-order valence-electron chi connectivity index (χ0n) is 17.2. The van der Waals surface area contributed by atoms with Crippen molar-refractivity contribution >= 4 is 23.1 Å². The number of halogens is 1. The van der Waals surface area contributed by atoms with Crippen molar-refractivity contribution in [3.05, 3.63) is 86.0 Å². The number of benzene rings is 2. The molecule has 0 amide bonds. The first-order chi connectivity index (χ1) is 15.0. The normalized spacial score (nSPS) is 10.8. The smallest absolute Gasteiger partial charge is 0.330 e. The fraction of sp³-hybridized carbons (Fsp3) is 0.273. The highest BCUT2D eigenvalue weighted by Crippen LogP contribution is 2.20. The van der Waals surface area contributed by atoms with E-state index < -0.39 is 11.2 Å². The lowest BCUT2D eigenvalue weighted by Gasteiger charge is -2.26. The molecule has 0 aliphatic carbocycles. The van der Waals surface area contributed by atoms with Crippen molar-refractivity contribution in [3.63, 3.8) is 0 Å². The van der Waals surface area contributed by atoms with Crippen LogP contribution in [0.4, 0.5) is 11.5 Å². The SMILES string of the molecule is COCCn1c(N)c(N(CCOc2ccc(Cl)cc2)Cc2ccccc2)c(=O)[nH]c1=O. The Morgan fingerprint density at radius 2 is 1.77 bits per heavy atom. The molecule has 0 unspecified atom stereocenters. The molecule has 0 fully saturated rings. The lowest BCUT2D eigenvalue weighted by molar-refractivity contribution is 0.186. The van der Waals surface area contributed by atoms with E-state index in [1.807, 2.05) is 35.2 Å². The second-order valence-corrected chi connectivity index (χ2v) is 7.28. The standard InChI is InChI=1S/C22H25ClN4O4/c1-30-13-12-27-20(24)19(21(28)25-22(27)29)26(15-16-5-3-2-4-6-16)11-14-31-18-9-7-17(23)8-10-18/h2-10H,11-15,24H2,1H3,(H,25,28,29). The summed E-state index contributed by atoms with van der Waals surface area (Å²) in [5.74, 6) is 0.754. The summed E-state index contributed by atoms with van der Waals surface area (Å²) in [6.45, 7) is 1.59. The van der Waals surface area contributed by atoms with Crippen molar-refractivity contribution in [2.75, 3.05) is 37.5 Å². The quantitative estimate of drug-likeness (QED) is 0.498. The average Bonchev–Trinajstić information content (AvgIpc) is 2.75. The molecule has 0 saturated carbocycles. The van der Waals surface area contributed by atoms with E-state index in [2.05, 4.69) is 4.98 Å². The van der Waals surface area contributed by atoms with Crippen LogP contribution in [0.2, 0.25) is 5.02 Å². The molecular weight excluding hydrogens is 420 g/mol. The van der Waals surface area contributed by atoms with Gasteiger partial charge in [0.15, 0.2) is 0 Å². The molecule has 1 heterocycles. The highest BCUT2D eigenvalue weighted by atomic mass is 35.5. The van der Waals surface area contributed by atoms with Crippen LogP contribution in [-0.2, 0) is 17.8 Å². The molecule has 2 aromatic carbocycles. The number of nitrogens with zero attached hydrogens (tertiary/aromatic N) is 2. The maximum absolute atomic E-state index is 12.7. The Morgan fingerprint density at radius 1 is 1.06 bits per heavy atom. The van der Waals surface area contributed by atoms with Crippen LogP contribution in [0.1, 0.15) is 5.56 Å². The molecule has 0 radical (unpaired) electrons. The second-order valence-electron chi connectivity index (χ2n) is 6.85. The predicted molar refractivity (Wildman–Crippen MR) is 122 cm³/mol. The number of hydrogen-bond donors (Lipinski definition) is 2. The Hall–Kier alpha value is -3.23. The molecular formula is C22H25ClN4O4. The molecule has 0 atom stereocenters. The van der Waals surface area contributed by atoms with E-state index in [-0.39, 0.29) is 24.7 Å². The molecule has 3 aromatic rings. The summed E-state index contributed by atoms with van der Waals surface area (Å²) in [7, 11) is 1.53. The first-order valence-corrected chi connectivity index (χ1v) is 10.2. The van der Waals surface area contributed by atoms with Crippen molar-refractivity contribution in [3.8, 4) is 5.75 Å². The summed E-state index contributed by atoms with van der Waals surface area (Å²) in [5.41, 5.74) is 6.37. The maximum atomic E-state index is 12.7. The monoisotopic (exact) mass is 444 g/mol. The summed E-state index contributed by atoms with van der Waals surface area (Å²) in [5, 5.41) is 0.621. The van der Waals surface area contributed by atoms with Crippen molar-refractivity contribution < 1.29 is 9.47 Å². The number of H-pyrrole nitrogens is 1. The van der Waals surface area contributed by atoms with Gasteiger partial charge in [-0.05, 0) is 29.8 Å². The number of nitrogens with one attached hydrogen (secondary N) is 1. The summed E-state index contributed by atoms with van der Waals surface area (Å²) in [4.78, 5) is 29.1. The zero-order valence-corrected chi connectivity index (χ0v) is 18.0. The van der Waals surface area contributed by atoms with E-state index in [9.17, 15) is 9.59 Å². The van der Waals surface area contributed by atoms with Gasteiger partial charge in [-0.3, -0.25) is 14.3 Å².